The maximum atomic E-state index is 9.43. The van der Waals surface area contributed by atoms with E-state index in [4.69, 9.17) is 5.11 Å². The van der Waals surface area contributed by atoms with Gasteiger partial charge in [0, 0.05) is 17.6 Å². The van der Waals surface area contributed by atoms with Crippen LogP contribution in [-0.4, -0.2) is 29.5 Å². The van der Waals surface area contributed by atoms with Crippen LogP contribution < -0.4 is 5.32 Å². The van der Waals surface area contributed by atoms with Crippen LogP contribution in [-0.2, 0) is 0 Å². The van der Waals surface area contributed by atoms with Crippen molar-refractivity contribution in [2.45, 2.75) is 24.9 Å². The van der Waals surface area contributed by atoms with Crippen LogP contribution in [0.4, 0.5) is 5.69 Å². The molecular weight excluding hydrogens is 238 g/mol. The molecule has 0 amide bonds. The van der Waals surface area contributed by atoms with Gasteiger partial charge in [-0.25, -0.2) is 0 Å². The first-order valence-corrected chi connectivity index (χ1v) is 6.84. The van der Waals surface area contributed by atoms with Gasteiger partial charge in [-0.1, -0.05) is 30.3 Å². The van der Waals surface area contributed by atoms with E-state index < -0.39 is 6.10 Å². The Morgan fingerprint density at radius 3 is 2.53 bits per heavy atom. The molecule has 100 valence electrons. The van der Waals surface area contributed by atoms with Crippen molar-refractivity contribution < 1.29 is 10.2 Å². The zero-order chi connectivity index (χ0) is 13.2. The van der Waals surface area contributed by atoms with Crippen molar-refractivity contribution in [3.8, 4) is 0 Å². The summed E-state index contributed by atoms with van der Waals surface area (Å²) in [4.78, 5) is 0. The van der Waals surface area contributed by atoms with Gasteiger partial charge >= 0.3 is 0 Å². The minimum Gasteiger partial charge on any atom is -0.394 e. The van der Waals surface area contributed by atoms with Gasteiger partial charge in [0.1, 0.15) is 0 Å². The number of aliphatic hydroxyl groups excluding tert-OH is 2. The average Bonchev–Trinajstić information content (AvgIpc) is 3.28. The molecule has 1 saturated carbocycles. The summed E-state index contributed by atoms with van der Waals surface area (Å²) in [6.45, 7) is 0.147. The predicted molar refractivity (Wildman–Crippen MR) is 77.5 cm³/mol. The maximum absolute atomic E-state index is 9.43. The lowest BCUT2D eigenvalue weighted by atomic mass is 9.99. The molecule has 0 bridgehead atoms. The molecule has 0 aliphatic heterocycles. The van der Waals surface area contributed by atoms with Gasteiger partial charge in [-0.3, -0.25) is 0 Å². The van der Waals surface area contributed by atoms with Gasteiger partial charge in [0.05, 0.1) is 12.7 Å². The largest absolute Gasteiger partial charge is 0.394 e. The topological polar surface area (TPSA) is 52.5 Å². The van der Waals surface area contributed by atoms with E-state index in [1.165, 1.54) is 29.2 Å². The second-order valence-corrected chi connectivity index (χ2v) is 5.24. The first kappa shape index (κ1) is 12.5. The first-order valence-electron chi connectivity index (χ1n) is 6.84. The van der Waals surface area contributed by atoms with Crippen LogP contribution in [0.2, 0.25) is 0 Å². The number of rotatable bonds is 5. The third kappa shape index (κ3) is 2.57. The molecule has 0 heterocycles. The predicted octanol–water partition coefficient (Wildman–Crippen LogP) is 2.48. The molecule has 3 rings (SSSR count). The lowest BCUT2D eigenvalue weighted by molar-refractivity contribution is 0.105. The van der Waals surface area contributed by atoms with Crippen molar-refractivity contribution in [2.24, 2.45) is 0 Å². The molecule has 19 heavy (non-hydrogen) atoms. The van der Waals surface area contributed by atoms with Gasteiger partial charge in [0.2, 0.25) is 0 Å². The molecule has 1 unspecified atom stereocenters. The fraction of sp³-hybridized carbons (Fsp3) is 0.375. The van der Waals surface area contributed by atoms with E-state index >= 15 is 0 Å². The van der Waals surface area contributed by atoms with Crippen LogP contribution in [0.5, 0.6) is 0 Å². The van der Waals surface area contributed by atoms with Crippen molar-refractivity contribution >= 4 is 16.5 Å². The number of nitrogens with one attached hydrogen (secondary N) is 1. The van der Waals surface area contributed by atoms with E-state index in [1.54, 1.807) is 0 Å². The van der Waals surface area contributed by atoms with Crippen molar-refractivity contribution in [1.29, 1.82) is 0 Å². The Morgan fingerprint density at radius 1 is 1.11 bits per heavy atom. The molecule has 1 aliphatic rings. The second-order valence-electron chi connectivity index (χ2n) is 5.24. The molecule has 3 nitrogen and oxygen atoms in total. The fourth-order valence-corrected chi connectivity index (χ4v) is 2.52. The lowest BCUT2D eigenvalue weighted by Gasteiger charge is -2.14. The van der Waals surface area contributed by atoms with E-state index in [1.807, 2.05) is 6.07 Å². The Labute approximate surface area is 112 Å². The van der Waals surface area contributed by atoms with Crippen LogP contribution in [0.25, 0.3) is 10.8 Å². The smallest absolute Gasteiger partial charge is 0.0942 e. The zero-order valence-electron chi connectivity index (χ0n) is 10.8. The Hall–Kier alpha value is -1.58. The lowest BCUT2D eigenvalue weighted by Crippen LogP contribution is -2.23. The quantitative estimate of drug-likeness (QED) is 0.771. The molecule has 3 heteroatoms. The first-order chi connectivity index (χ1) is 9.29. The SMILES string of the molecule is OCC(O)CNc1ccc(C2CC2)c2ccccc12. The van der Waals surface area contributed by atoms with Crippen LogP contribution in [0.3, 0.4) is 0 Å². The van der Waals surface area contributed by atoms with Gasteiger partial charge in [0.25, 0.3) is 0 Å². The number of hydrogen-bond donors (Lipinski definition) is 3. The Morgan fingerprint density at radius 2 is 1.84 bits per heavy atom. The van der Waals surface area contributed by atoms with Crippen LogP contribution in [0, 0.1) is 0 Å². The standard InChI is InChI=1S/C16H19NO2/c18-10-12(19)9-17-16-8-7-13(11-5-6-11)14-3-1-2-4-15(14)16/h1-4,7-8,11-12,17-19H,5-6,9-10H2. The van der Waals surface area contributed by atoms with Crippen molar-refractivity contribution in [3.05, 3.63) is 42.0 Å². The summed E-state index contributed by atoms with van der Waals surface area (Å²) in [6, 6.07) is 12.6. The van der Waals surface area contributed by atoms with Gasteiger partial charge < -0.3 is 15.5 Å². The summed E-state index contributed by atoms with van der Waals surface area (Å²) < 4.78 is 0. The van der Waals surface area contributed by atoms with E-state index in [0.29, 0.717) is 6.54 Å². The van der Waals surface area contributed by atoms with Crippen LogP contribution in [0.15, 0.2) is 36.4 Å². The minimum atomic E-state index is -0.720. The Kier molecular flexibility index (Phi) is 3.40. The van der Waals surface area contributed by atoms with E-state index in [9.17, 15) is 5.11 Å². The number of anilines is 1. The Balaban J connectivity index is 1.94. The normalized spacial score (nSPS) is 16.5. The van der Waals surface area contributed by atoms with Gasteiger partial charge in [-0.2, -0.15) is 0 Å². The minimum absolute atomic E-state index is 0.217. The van der Waals surface area contributed by atoms with E-state index in [2.05, 4.69) is 35.6 Å². The highest BCUT2D eigenvalue weighted by Gasteiger charge is 2.25. The molecule has 2 aromatic carbocycles. The third-order valence-electron chi connectivity index (χ3n) is 3.71. The highest BCUT2D eigenvalue weighted by atomic mass is 16.3. The average molecular weight is 257 g/mol. The van der Waals surface area contributed by atoms with Gasteiger partial charge in [0.15, 0.2) is 0 Å². The summed E-state index contributed by atoms with van der Waals surface area (Å²) in [5.74, 6) is 0.724. The molecule has 1 atom stereocenters. The number of fused-ring (bicyclic) bond motifs is 1. The van der Waals surface area contributed by atoms with E-state index in [0.717, 1.165) is 11.6 Å². The van der Waals surface area contributed by atoms with Crippen molar-refractivity contribution in [2.75, 3.05) is 18.5 Å². The summed E-state index contributed by atoms with van der Waals surface area (Å²) in [5.41, 5.74) is 2.45. The number of benzene rings is 2. The monoisotopic (exact) mass is 257 g/mol. The third-order valence-corrected chi connectivity index (χ3v) is 3.71. The molecule has 3 N–H and O–H groups in total. The van der Waals surface area contributed by atoms with Crippen LogP contribution >= 0.6 is 0 Å². The van der Waals surface area contributed by atoms with Gasteiger partial charge in [-0.05, 0) is 35.8 Å². The molecule has 2 aromatic rings. The molecule has 1 aliphatic carbocycles. The molecule has 1 fully saturated rings. The van der Waals surface area contributed by atoms with Gasteiger partial charge in [-0.15, -0.1) is 0 Å². The summed E-state index contributed by atoms with van der Waals surface area (Å²) in [6.07, 6.45) is 1.86. The highest BCUT2D eigenvalue weighted by Crippen LogP contribution is 2.44. The van der Waals surface area contributed by atoms with Crippen molar-refractivity contribution in [1.82, 2.24) is 0 Å². The molecular formula is C16H19NO2. The number of aliphatic hydroxyl groups is 2. The van der Waals surface area contributed by atoms with E-state index in [-0.39, 0.29) is 6.61 Å². The number of hydrogen-bond acceptors (Lipinski definition) is 3. The zero-order valence-corrected chi connectivity index (χ0v) is 10.8. The summed E-state index contributed by atoms with van der Waals surface area (Å²) in [5, 5.41) is 24.0. The molecule has 0 radical (unpaired) electrons. The fourth-order valence-electron chi connectivity index (χ4n) is 2.52. The molecule has 0 aromatic heterocycles. The van der Waals surface area contributed by atoms with Crippen molar-refractivity contribution in [3.63, 3.8) is 0 Å². The second kappa shape index (κ2) is 5.19. The summed E-state index contributed by atoms with van der Waals surface area (Å²) in [7, 11) is 0. The molecule has 0 spiro atoms. The maximum Gasteiger partial charge on any atom is 0.0942 e. The summed E-state index contributed by atoms with van der Waals surface area (Å²) >= 11 is 0. The van der Waals surface area contributed by atoms with Crippen LogP contribution in [0.1, 0.15) is 24.3 Å². The highest BCUT2D eigenvalue weighted by molar-refractivity contribution is 5.96. The Bertz CT molecular complexity index is 578. The molecule has 0 saturated heterocycles.